The lowest BCUT2D eigenvalue weighted by molar-refractivity contribution is -0.144. The second-order valence-corrected chi connectivity index (χ2v) is 6.47. The van der Waals surface area contributed by atoms with Crippen molar-refractivity contribution < 1.29 is 28.7 Å². The molecular weight excluding hydrogens is 378 g/mol. The quantitative estimate of drug-likeness (QED) is 0.440. The topological polar surface area (TPSA) is 105 Å². The van der Waals surface area contributed by atoms with Crippen molar-refractivity contribution in [2.75, 3.05) is 44.7 Å². The molecule has 0 bridgehead atoms. The van der Waals surface area contributed by atoms with Gasteiger partial charge in [0.15, 0.2) is 0 Å². The number of carbonyl (C=O) groups is 4. The predicted molar refractivity (Wildman–Crippen MR) is 105 cm³/mol. The summed E-state index contributed by atoms with van der Waals surface area (Å²) in [6, 6.07) is 6.39. The molecule has 9 heteroatoms. The molecule has 158 valence electrons. The van der Waals surface area contributed by atoms with Crippen molar-refractivity contribution in [3.05, 3.63) is 29.8 Å². The van der Waals surface area contributed by atoms with Gasteiger partial charge in [0.1, 0.15) is 0 Å². The van der Waals surface area contributed by atoms with Crippen LogP contribution in [0, 0.1) is 0 Å². The van der Waals surface area contributed by atoms with Crippen LogP contribution in [0.5, 0.6) is 0 Å². The van der Waals surface area contributed by atoms with Crippen molar-refractivity contribution in [2.45, 2.75) is 26.7 Å². The van der Waals surface area contributed by atoms with Crippen molar-refractivity contribution in [1.82, 2.24) is 9.80 Å². The number of hydrogen-bond acceptors (Lipinski definition) is 6. The number of benzene rings is 1. The Balaban J connectivity index is 1.94. The van der Waals surface area contributed by atoms with E-state index in [1.54, 1.807) is 25.1 Å². The van der Waals surface area contributed by atoms with Gasteiger partial charge in [0, 0.05) is 26.2 Å². The van der Waals surface area contributed by atoms with Crippen molar-refractivity contribution in [3.8, 4) is 0 Å². The Bertz CT molecular complexity index is 743. The molecule has 1 heterocycles. The lowest BCUT2D eigenvalue weighted by Gasteiger charge is -2.33. The number of piperazine rings is 1. The van der Waals surface area contributed by atoms with Crippen LogP contribution in [0.2, 0.25) is 0 Å². The summed E-state index contributed by atoms with van der Waals surface area (Å²) < 4.78 is 10.1. The molecule has 0 atom stereocenters. The molecule has 0 saturated carbocycles. The standard InChI is InChI=1S/C20H27N3O6/c1-3-5-14-29-19(26)15-8-6-7-9-16(15)21-17(24)18(25)22-10-12-23(13-11-22)20(27)28-4-2/h6-9H,3-5,10-14H2,1-2H3,(H,21,24). The molecule has 1 aliphatic heterocycles. The Morgan fingerprint density at radius 2 is 1.62 bits per heavy atom. The summed E-state index contributed by atoms with van der Waals surface area (Å²) in [5.74, 6) is -2.11. The smallest absolute Gasteiger partial charge is 0.409 e. The third-order valence-electron chi connectivity index (χ3n) is 4.41. The Morgan fingerprint density at radius 1 is 0.966 bits per heavy atom. The Labute approximate surface area is 169 Å². The molecule has 1 aromatic carbocycles. The van der Waals surface area contributed by atoms with Crippen LogP contribution in [0.15, 0.2) is 24.3 Å². The van der Waals surface area contributed by atoms with Gasteiger partial charge in [0.2, 0.25) is 0 Å². The number of unbranched alkanes of at least 4 members (excludes halogenated alkanes) is 1. The fourth-order valence-electron chi connectivity index (χ4n) is 2.78. The van der Waals surface area contributed by atoms with Gasteiger partial charge in [-0.25, -0.2) is 9.59 Å². The molecule has 0 aromatic heterocycles. The average molecular weight is 405 g/mol. The number of rotatable bonds is 6. The van der Waals surface area contributed by atoms with E-state index in [9.17, 15) is 19.2 Å². The molecule has 0 unspecified atom stereocenters. The lowest BCUT2D eigenvalue weighted by atomic mass is 10.1. The number of ether oxygens (including phenoxy) is 2. The number of hydrogen-bond donors (Lipinski definition) is 1. The predicted octanol–water partition coefficient (Wildman–Crippen LogP) is 1.88. The minimum absolute atomic E-state index is 0.192. The molecule has 0 aliphatic carbocycles. The van der Waals surface area contributed by atoms with Crippen LogP contribution in [0.1, 0.15) is 37.0 Å². The van der Waals surface area contributed by atoms with E-state index in [2.05, 4.69) is 5.32 Å². The zero-order valence-electron chi connectivity index (χ0n) is 16.8. The van der Waals surface area contributed by atoms with Gasteiger partial charge in [-0.2, -0.15) is 0 Å². The summed E-state index contributed by atoms with van der Waals surface area (Å²) in [5.41, 5.74) is 0.411. The van der Waals surface area contributed by atoms with Gasteiger partial charge in [-0.1, -0.05) is 25.5 Å². The highest BCUT2D eigenvalue weighted by atomic mass is 16.6. The Kier molecular flexibility index (Phi) is 8.45. The third kappa shape index (κ3) is 6.20. The first kappa shape index (κ1) is 22.2. The maximum Gasteiger partial charge on any atom is 0.409 e. The highest BCUT2D eigenvalue weighted by Crippen LogP contribution is 2.17. The fraction of sp³-hybridized carbons (Fsp3) is 0.500. The monoisotopic (exact) mass is 405 g/mol. The van der Waals surface area contributed by atoms with E-state index in [1.165, 1.54) is 15.9 Å². The molecule has 1 aliphatic rings. The first-order valence-electron chi connectivity index (χ1n) is 9.76. The number of nitrogens with zero attached hydrogens (tertiary/aromatic N) is 2. The number of esters is 1. The van der Waals surface area contributed by atoms with Crippen molar-refractivity contribution in [1.29, 1.82) is 0 Å². The number of amides is 3. The van der Waals surface area contributed by atoms with E-state index >= 15 is 0 Å². The largest absolute Gasteiger partial charge is 0.462 e. The summed E-state index contributed by atoms with van der Waals surface area (Å²) >= 11 is 0. The Hall–Kier alpha value is -3.10. The highest BCUT2D eigenvalue weighted by molar-refractivity contribution is 6.39. The normalized spacial score (nSPS) is 13.6. The van der Waals surface area contributed by atoms with Gasteiger partial charge < -0.3 is 24.6 Å². The van der Waals surface area contributed by atoms with E-state index in [4.69, 9.17) is 9.47 Å². The van der Waals surface area contributed by atoms with Crippen LogP contribution < -0.4 is 5.32 Å². The zero-order chi connectivity index (χ0) is 21.2. The van der Waals surface area contributed by atoms with E-state index in [0.29, 0.717) is 6.61 Å². The second kappa shape index (κ2) is 11.0. The molecule has 0 radical (unpaired) electrons. The van der Waals surface area contributed by atoms with Crippen molar-refractivity contribution in [2.24, 2.45) is 0 Å². The maximum absolute atomic E-state index is 12.5. The van der Waals surface area contributed by atoms with Crippen molar-refractivity contribution in [3.63, 3.8) is 0 Å². The first-order valence-corrected chi connectivity index (χ1v) is 9.76. The molecule has 0 spiro atoms. The summed E-state index contributed by atoms with van der Waals surface area (Å²) in [5, 5.41) is 2.50. The number of carbonyl (C=O) groups excluding carboxylic acids is 4. The summed E-state index contributed by atoms with van der Waals surface area (Å²) in [6.07, 6.45) is 1.21. The van der Waals surface area contributed by atoms with Crippen LogP contribution in [0.25, 0.3) is 0 Å². The molecule has 2 rings (SSSR count). The van der Waals surface area contributed by atoms with Gasteiger partial charge in [0.25, 0.3) is 0 Å². The van der Waals surface area contributed by atoms with Crippen LogP contribution in [0.4, 0.5) is 10.5 Å². The van der Waals surface area contributed by atoms with E-state index in [0.717, 1.165) is 12.8 Å². The van der Waals surface area contributed by atoms with Crippen molar-refractivity contribution >= 4 is 29.6 Å². The van der Waals surface area contributed by atoms with Gasteiger partial charge in [0.05, 0.1) is 24.5 Å². The van der Waals surface area contributed by atoms with Gasteiger partial charge in [-0.15, -0.1) is 0 Å². The molecule has 29 heavy (non-hydrogen) atoms. The molecule has 9 nitrogen and oxygen atoms in total. The minimum Gasteiger partial charge on any atom is -0.462 e. The number of anilines is 1. The van der Waals surface area contributed by atoms with Gasteiger partial charge in [-0.05, 0) is 25.5 Å². The minimum atomic E-state index is -0.844. The zero-order valence-corrected chi connectivity index (χ0v) is 16.8. The van der Waals surface area contributed by atoms with Crippen LogP contribution in [-0.4, -0.2) is 73.1 Å². The molecule has 1 saturated heterocycles. The average Bonchev–Trinajstić information content (AvgIpc) is 2.74. The summed E-state index contributed by atoms with van der Waals surface area (Å²) in [7, 11) is 0. The van der Waals surface area contributed by atoms with Gasteiger partial charge in [-0.3, -0.25) is 9.59 Å². The summed E-state index contributed by atoms with van der Waals surface area (Å²) in [6.45, 7) is 5.31. The maximum atomic E-state index is 12.5. The SMILES string of the molecule is CCCCOC(=O)c1ccccc1NC(=O)C(=O)N1CCN(C(=O)OCC)CC1. The first-order chi connectivity index (χ1) is 14.0. The van der Waals surface area contributed by atoms with Crippen LogP contribution in [-0.2, 0) is 19.1 Å². The number of nitrogens with one attached hydrogen (secondary N) is 1. The lowest BCUT2D eigenvalue weighted by Crippen LogP contribution is -2.53. The molecule has 3 amide bonds. The van der Waals surface area contributed by atoms with E-state index < -0.39 is 23.9 Å². The molecular formula is C20H27N3O6. The highest BCUT2D eigenvalue weighted by Gasteiger charge is 2.29. The third-order valence-corrected chi connectivity index (χ3v) is 4.41. The molecule has 1 N–H and O–H groups in total. The van der Waals surface area contributed by atoms with Crippen LogP contribution >= 0.6 is 0 Å². The van der Waals surface area contributed by atoms with Gasteiger partial charge >= 0.3 is 23.9 Å². The summed E-state index contributed by atoms with van der Waals surface area (Å²) in [4.78, 5) is 51.7. The molecule has 1 fully saturated rings. The molecule has 1 aromatic rings. The number of para-hydroxylation sites is 1. The van der Waals surface area contributed by atoms with Crippen LogP contribution in [0.3, 0.4) is 0 Å². The second-order valence-electron chi connectivity index (χ2n) is 6.47. The Morgan fingerprint density at radius 3 is 2.28 bits per heavy atom. The fourth-order valence-corrected chi connectivity index (χ4v) is 2.78. The van der Waals surface area contributed by atoms with E-state index in [1.807, 2.05) is 6.92 Å². The van der Waals surface area contributed by atoms with E-state index in [-0.39, 0.29) is 44.0 Å².